The molecule has 0 aliphatic heterocycles. The Morgan fingerprint density at radius 3 is 2.24 bits per heavy atom. The Labute approximate surface area is 213 Å². The molecule has 2 aromatic carbocycles. The van der Waals surface area contributed by atoms with Gasteiger partial charge in [0.1, 0.15) is 5.58 Å². The Morgan fingerprint density at radius 2 is 1.62 bits per heavy atom. The van der Waals surface area contributed by atoms with E-state index in [1.54, 1.807) is 50.2 Å². The number of H-pyrrole nitrogens is 1. The lowest BCUT2D eigenvalue weighted by atomic mass is 9.93. The first-order valence-corrected chi connectivity index (χ1v) is 11.9. The van der Waals surface area contributed by atoms with Crippen LogP contribution in [0.4, 0.5) is 0 Å². The molecule has 0 aliphatic carbocycles. The van der Waals surface area contributed by atoms with Crippen molar-refractivity contribution in [2.75, 3.05) is 0 Å². The summed E-state index contributed by atoms with van der Waals surface area (Å²) in [6.07, 6.45) is -0.143. The number of rotatable bonds is 9. The molecule has 9 heteroatoms. The van der Waals surface area contributed by atoms with Gasteiger partial charge in [0.15, 0.2) is 17.4 Å². The number of aromatic hydroxyl groups is 2. The zero-order valence-electron chi connectivity index (χ0n) is 20.7. The third kappa shape index (κ3) is 5.50. The number of benzene rings is 2. The van der Waals surface area contributed by atoms with Gasteiger partial charge in [-0.1, -0.05) is 62.4 Å². The van der Waals surface area contributed by atoms with Crippen LogP contribution in [0, 0.1) is 12.8 Å². The van der Waals surface area contributed by atoms with Crippen LogP contribution in [0.2, 0.25) is 0 Å². The quantitative estimate of drug-likeness (QED) is 0.215. The van der Waals surface area contributed by atoms with E-state index in [4.69, 9.17) is 4.42 Å². The van der Waals surface area contributed by atoms with E-state index in [2.05, 4.69) is 15.6 Å². The number of Topliss-reactive ketones (excluding diaryl/α,β-unsaturated/α-hetero) is 1. The van der Waals surface area contributed by atoms with Crippen molar-refractivity contribution < 1.29 is 29.0 Å². The molecular weight excluding hydrogens is 474 g/mol. The van der Waals surface area contributed by atoms with Gasteiger partial charge in [-0.2, -0.15) is 0 Å². The van der Waals surface area contributed by atoms with Crippen LogP contribution in [0.1, 0.15) is 58.3 Å². The molecular formula is C28H29N3O6. The van der Waals surface area contributed by atoms with Crippen LogP contribution in [-0.4, -0.2) is 38.8 Å². The maximum Gasteiger partial charge on any atom is 0.287 e. The molecule has 5 N–H and O–H groups in total. The number of fused-ring (bicyclic) bond motifs is 1. The van der Waals surface area contributed by atoms with Gasteiger partial charge in [0.2, 0.25) is 11.8 Å². The Hall–Kier alpha value is -4.53. The van der Waals surface area contributed by atoms with Gasteiger partial charge in [-0.3, -0.25) is 19.4 Å². The van der Waals surface area contributed by atoms with Crippen LogP contribution in [0.3, 0.4) is 0 Å². The zero-order chi connectivity index (χ0) is 26.7. The van der Waals surface area contributed by atoms with Gasteiger partial charge in [-0.15, -0.1) is 0 Å². The van der Waals surface area contributed by atoms with Crippen molar-refractivity contribution in [3.05, 3.63) is 83.1 Å². The predicted octanol–water partition coefficient (Wildman–Crippen LogP) is 4.37. The SMILES string of the molecule is Cc1c(O)[nH]c(O)c1C(=O)[C@H](NC(=O)C[C@H](NC(=O)c1cc2ccccc2o1)c1ccccc1)C(C)C. The molecule has 37 heavy (non-hydrogen) atoms. The van der Waals surface area contributed by atoms with Crippen molar-refractivity contribution in [2.45, 2.75) is 39.3 Å². The van der Waals surface area contributed by atoms with E-state index in [0.717, 1.165) is 5.39 Å². The number of carbonyl (C=O) groups is 3. The monoisotopic (exact) mass is 503 g/mol. The van der Waals surface area contributed by atoms with E-state index in [1.807, 2.05) is 24.3 Å². The Morgan fingerprint density at radius 1 is 0.946 bits per heavy atom. The maximum absolute atomic E-state index is 13.2. The molecule has 0 fully saturated rings. The number of carbonyl (C=O) groups excluding carboxylic acids is 3. The summed E-state index contributed by atoms with van der Waals surface area (Å²) in [5.74, 6) is -2.44. The topological polar surface area (TPSA) is 145 Å². The fourth-order valence-electron chi connectivity index (χ4n) is 4.23. The smallest absolute Gasteiger partial charge is 0.287 e. The molecule has 2 heterocycles. The zero-order valence-corrected chi connectivity index (χ0v) is 20.7. The lowest BCUT2D eigenvalue weighted by Crippen LogP contribution is -2.45. The third-order valence-electron chi connectivity index (χ3n) is 6.26. The van der Waals surface area contributed by atoms with Crippen molar-refractivity contribution >= 4 is 28.6 Å². The van der Waals surface area contributed by atoms with Crippen LogP contribution in [0.25, 0.3) is 11.0 Å². The van der Waals surface area contributed by atoms with E-state index < -0.39 is 35.6 Å². The molecule has 0 saturated carbocycles. The summed E-state index contributed by atoms with van der Waals surface area (Å²) in [5, 5.41) is 26.3. The van der Waals surface area contributed by atoms with Crippen molar-refractivity contribution in [2.24, 2.45) is 5.92 Å². The van der Waals surface area contributed by atoms with Crippen LogP contribution in [0.15, 0.2) is 65.1 Å². The molecule has 0 saturated heterocycles. The molecule has 9 nitrogen and oxygen atoms in total. The molecule has 0 aliphatic rings. The Bertz CT molecular complexity index is 1400. The average molecular weight is 504 g/mol. The first-order chi connectivity index (χ1) is 17.7. The fraction of sp³-hybridized carbons (Fsp3) is 0.250. The van der Waals surface area contributed by atoms with Crippen molar-refractivity contribution in [1.29, 1.82) is 0 Å². The Kier molecular flexibility index (Phi) is 7.33. The molecule has 4 aromatic rings. The third-order valence-corrected chi connectivity index (χ3v) is 6.26. The van der Waals surface area contributed by atoms with Gasteiger partial charge in [0, 0.05) is 10.9 Å². The first kappa shape index (κ1) is 25.6. The van der Waals surface area contributed by atoms with Crippen LogP contribution < -0.4 is 10.6 Å². The summed E-state index contributed by atoms with van der Waals surface area (Å²) < 4.78 is 5.67. The number of hydrogen-bond acceptors (Lipinski definition) is 6. The highest BCUT2D eigenvalue weighted by Crippen LogP contribution is 2.30. The van der Waals surface area contributed by atoms with Gasteiger partial charge in [0.25, 0.3) is 5.91 Å². The van der Waals surface area contributed by atoms with Gasteiger partial charge in [-0.05, 0) is 30.5 Å². The predicted molar refractivity (Wildman–Crippen MR) is 137 cm³/mol. The first-order valence-electron chi connectivity index (χ1n) is 11.9. The van der Waals surface area contributed by atoms with Gasteiger partial charge >= 0.3 is 0 Å². The number of nitrogens with one attached hydrogen (secondary N) is 3. The second-order valence-electron chi connectivity index (χ2n) is 9.26. The molecule has 0 unspecified atom stereocenters. The van der Waals surface area contributed by atoms with Crippen molar-refractivity contribution in [3.8, 4) is 11.8 Å². The number of para-hydroxylation sites is 1. The normalized spacial score (nSPS) is 12.9. The summed E-state index contributed by atoms with van der Waals surface area (Å²) in [5.41, 5.74) is 1.41. The molecule has 0 bridgehead atoms. The number of hydrogen-bond donors (Lipinski definition) is 5. The van der Waals surface area contributed by atoms with E-state index in [-0.39, 0.29) is 35.1 Å². The lowest BCUT2D eigenvalue weighted by molar-refractivity contribution is -0.122. The van der Waals surface area contributed by atoms with Crippen LogP contribution >= 0.6 is 0 Å². The fourth-order valence-corrected chi connectivity index (χ4v) is 4.23. The van der Waals surface area contributed by atoms with Crippen LogP contribution in [0.5, 0.6) is 11.8 Å². The summed E-state index contributed by atoms with van der Waals surface area (Å²) in [7, 11) is 0. The van der Waals surface area contributed by atoms with E-state index in [0.29, 0.717) is 11.1 Å². The van der Waals surface area contributed by atoms with Gasteiger partial charge in [-0.25, -0.2) is 0 Å². The summed E-state index contributed by atoms with van der Waals surface area (Å²) in [4.78, 5) is 41.7. The molecule has 0 radical (unpaired) electrons. The highest BCUT2D eigenvalue weighted by atomic mass is 16.3. The van der Waals surface area contributed by atoms with Crippen molar-refractivity contribution in [1.82, 2.24) is 15.6 Å². The number of aromatic amines is 1. The van der Waals surface area contributed by atoms with E-state index in [9.17, 15) is 24.6 Å². The number of ketones is 1. The average Bonchev–Trinajstić information content (AvgIpc) is 3.42. The molecule has 2 atom stereocenters. The standard InChI is InChI=1S/C28H29N3O6/c1-15(2)24(25(33)23-16(3)26(34)31-28(23)36)30-22(32)14-19(17-9-5-4-6-10-17)29-27(35)21-13-18-11-7-8-12-20(18)37-21/h4-13,15,19,24,31,34,36H,14H2,1-3H3,(H,29,35)(H,30,32)/t19-,24+/m0/s1. The highest BCUT2D eigenvalue weighted by molar-refractivity contribution is 6.05. The number of amides is 2. The number of furan rings is 1. The minimum atomic E-state index is -0.963. The lowest BCUT2D eigenvalue weighted by Gasteiger charge is -2.24. The Balaban J connectivity index is 1.53. The largest absolute Gasteiger partial charge is 0.494 e. The van der Waals surface area contributed by atoms with Crippen LogP contribution in [-0.2, 0) is 4.79 Å². The molecule has 0 spiro atoms. The van der Waals surface area contributed by atoms with Gasteiger partial charge < -0.3 is 25.3 Å². The minimum absolute atomic E-state index is 0.0747. The second-order valence-corrected chi connectivity index (χ2v) is 9.26. The summed E-state index contributed by atoms with van der Waals surface area (Å²) in [6.45, 7) is 5.02. The molecule has 2 aromatic heterocycles. The van der Waals surface area contributed by atoms with Gasteiger partial charge in [0.05, 0.1) is 24.1 Å². The maximum atomic E-state index is 13.2. The molecule has 4 rings (SSSR count). The minimum Gasteiger partial charge on any atom is -0.494 e. The molecule has 2 amide bonds. The summed E-state index contributed by atoms with van der Waals surface area (Å²) >= 11 is 0. The highest BCUT2D eigenvalue weighted by Gasteiger charge is 2.31. The summed E-state index contributed by atoms with van der Waals surface area (Å²) in [6, 6.07) is 16.3. The van der Waals surface area contributed by atoms with E-state index in [1.165, 1.54) is 6.92 Å². The van der Waals surface area contributed by atoms with Crippen molar-refractivity contribution in [3.63, 3.8) is 0 Å². The number of aromatic nitrogens is 1. The van der Waals surface area contributed by atoms with E-state index >= 15 is 0 Å². The second kappa shape index (κ2) is 10.6. The molecule has 192 valence electrons.